The molecule has 36 heavy (non-hydrogen) atoms. The lowest BCUT2D eigenvalue weighted by Crippen LogP contribution is -2.54. The first-order chi connectivity index (χ1) is 17.1. The van der Waals surface area contributed by atoms with Gasteiger partial charge in [0.25, 0.3) is 5.60 Å². The van der Waals surface area contributed by atoms with Crippen molar-refractivity contribution in [2.75, 3.05) is 7.11 Å². The number of ether oxygens (including phenoxy) is 2. The lowest BCUT2D eigenvalue weighted by atomic mass is 9.92. The van der Waals surface area contributed by atoms with Gasteiger partial charge >= 0.3 is 12.1 Å². The largest absolute Gasteiger partial charge is 0.458 e. The molecule has 0 aliphatic carbocycles. The summed E-state index contributed by atoms with van der Waals surface area (Å²) in [6, 6.07) is 6.10. The molecule has 1 amide bonds. The Balaban J connectivity index is 2.76. The number of amides is 1. The van der Waals surface area contributed by atoms with E-state index < -0.39 is 29.9 Å². The third kappa shape index (κ3) is 10.1. The SMILES string of the molecule is CCCCCCCCCCCCC[C@@H](OC(=O)[C@](OC)(c1ccccc1)C(F)(F)F)[C@H](C)NC(C)=O. The molecule has 0 radical (unpaired) electrons. The molecule has 5 nitrogen and oxygen atoms in total. The van der Waals surface area contributed by atoms with Gasteiger partial charge in [0.2, 0.25) is 5.91 Å². The highest BCUT2D eigenvalue weighted by Gasteiger charge is 2.64. The Kier molecular flexibility index (Phi) is 14.7. The Morgan fingerprint density at radius 3 is 1.83 bits per heavy atom. The minimum Gasteiger partial charge on any atom is -0.458 e. The molecular formula is C28H44F3NO4. The molecule has 0 aliphatic rings. The average Bonchev–Trinajstić information content (AvgIpc) is 2.82. The van der Waals surface area contributed by atoms with Crippen LogP contribution in [-0.4, -0.2) is 37.3 Å². The molecule has 1 N–H and O–H groups in total. The zero-order valence-corrected chi connectivity index (χ0v) is 22.3. The van der Waals surface area contributed by atoms with Crippen molar-refractivity contribution in [3.05, 3.63) is 35.9 Å². The number of nitrogens with one attached hydrogen (secondary N) is 1. The van der Waals surface area contributed by atoms with Gasteiger partial charge in [0, 0.05) is 19.6 Å². The molecule has 0 spiro atoms. The smallest absolute Gasteiger partial charge is 0.432 e. The van der Waals surface area contributed by atoms with E-state index in [9.17, 15) is 22.8 Å². The molecule has 1 aromatic rings. The summed E-state index contributed by atoms with van der Waals surface area (Å²) in [5, 5.41) is 2.65. The van der Waals surface area contributed by atoms with Crippen molar-refractivity contribution in [3.8, 4) is 0 Å². The molecule has 0 saturated heterocycles. The maximum absolute atomic E-state index is 14.2. The second-order valence-corrected chi connectivity index (χ2v) is 9.51. The van der Waals surface area contributed by atoms with E-state index in [1.165, 1.54) is 76.1 Å². The number of esters is 1. The summed E-state index contributed by atoms with van der Waals surface area (Å²) in [6.07, 6.45) is 6.83. The Morgan fingerprint density at radius 2 is 1.39 bits per heavy atom. The fourth-order valence-corrected chi connectivity index (χ4v) is 4.44. The molecule has 206 valence electrons. The number of rotatable bonds is 18. The third-order valence-electron chi connectivity index (χ3n) is 6.51. The molecule has 0 unspecified atom stereocenters. The second-order valence-electron chi connectivity index (χ2n) is 9.51. The molecule has 0 bridgehead atoms. The van der Waals surface area contributed by atoms with E-state index in [1.54, 1.807) is 13.0 Å². The first-order valence-corrected chi connectivity index (χ1v) is 13.3. The zero-order chi connectivity index (χ0) is 27.0. The molecule has 0 saturated carbocycles. The van der Waals surface area contributed by atoms with Crippen molar-refractivity contribution in [1.29, 1.82) is 0 Å². The molecule has 3 atom stereocenters. The summed E-state index contributed by atoms with van der Waals surface area (Å²) in [4.78, 5) is 24.6. The number of carbonyl (C=O) groups excluding carboxylic acids is 2. The molecule has 0 aromatic heterocycles. The molecule has 0 heterocycles. The minimum atomic E-state index is -5.04. The van der Waals surface area contributed by atoms with E-state index >= 15 is 0 Å². The number of hydrogen-bond acceptors (Lipinski definition) is 4. The van der Waals surface area contributed by atoms with Crippen molar-refractivity contribution in [2.45, 2.75) is 122 Å². The van der Waals surface area contributed by atoms with Crippen LogP contribution in [0.15, 0.2) is 30.3 Å². The molecule has 8 heteroatoms. The Bertz CT molecular complexity index is 757. The number of carbonyl (C=O) groups is 2. The van der Waals surface area contributed by atoms with Gasteiger partial charge in [-0.15, -0.1) is 0 Å². The van der Waals surface area contributed by atoms with Gasteiger partial charge in [-0.1, -0.05) is 101 Å². The van der Waals surface area contributed by atoms with E-state index in [4.69, 9.17) is 9.47 Å². The van der Waals surface area contributed by atoms with E-state index in [0.29, 0.717) is 12.8 Å². The third-order valence-corrected chi connectivity index (χ3v) is 6.51. The topological polar surface area (TPSA) is 64.6 Å². The van der Waals surface area contributed by atoms with Crippen LogP contribution in [0.25, 0.3) is 0 Å². The summed E-state index contributed by atoms with van der Waals surface area (Å²) >= 11 is 0. The quantitative estimate of drug-likeness (QED) is 0.165. The first kappa shape index (κ1) is 31.9. The Labute approximate surface area is 214 Å². The molecule has 1 rings (SSSR count). The Hall–Kier alpha value is -2.09. The average molecular weight is 516 g/mol. The van der Waals surface area contributed by atoms with Gasteiger partial charge in [-0.3, -0.25) is 4.79 Å². The van der Waals surface area contributed by atoms with Gasteiger partial charge in [-0.2, -0.15) is 13.2 Å². The Morgan fingerprint density at radius 1 is 0.889 bits per heavy atom. The van der Waals surface area contributed by atoms with E-state index in [1.807, 2.05) is 0 Å². The summed E-state index contributed by atoms with van der Waals surface area (Å²) in [7, 11) is 0.845. The van der Waals surface area contributed by atoms with Crippen molar-refractivity contribution in [3.63, 3.8) is 0 Å². The zero-order valence-electron chi connectivity index (χ0n) is 22.3. The maximum atomic E-state index is 14.2. The van der Waals surface area contributed by atoms with Gasteiger partial charge in [0.1, 0.15) is 6.10 Å². The van der Waals surface area contributed by atoms with Crippen molar-refractivity contribution in [2.24, 2.45) is 0 Å². The number of alkyl halides is 3. The van der Waals surface area contributed by atoms with Gasteiger partial charge < -0.3 is 14.8 Å². The fraction of sp³-hybridized carbons (Fsp3) is 0.714. The highest BCUT2D eigenvalue weighted by Crippen LogP contribution is 2.43. The van der Waals surface area contributed by atoms with E-state index in [0.717, 1.165) is 26.4 Å². The predicted octanol–water partition coefficient (Wildman–Crippen LogP) is 7.23. The van der Waals surface area contributed by atoms with Crippen LogP contribution >= 0.6 is 0 Å². The minimum absolute atomic E-state index is 0.344. The highest BCUT2D eigenvalue weighted by molar-refractivity contribution is 5.83. The normalized spacial score (nSPS) is 15.1. The van der Waals surface area contributed by atoms with E-state index in [-0.39, 0.29) is 11.5 Å². The number of halogens is 3. The summed E-state index contributed by atoms with van der Waals surface area (Å²) in [6.45, 7) is 5.15. The van der Waals surface area contributed by atoms with Crippen LogP contribution in [0.2, 0.25) is 0 Å². The lowest BCUT2D eigenvalue weighted by molar-refractivity contribution is -0.278. The summed E-state index contributed by atoms with van der Waals surface area (Å²) in [5.74, 6) is -1.88. The number of methoxy groups -OCH3 is 1. The summed E-state index contributed by atoms with van der Waals surface area (Å²) < 4.78 is 52.9. The van der Waals surface area contributed by atoms with Crippen LogP contribution in [0.5, 0.6) is 0 Å². The predicted molar refractivity (Wildman–Crippen MR) is 135 cm³/mol. The van der Waals surface area contributed by atoms with Crippen molar-refractivity contribution in [1.82, 2.24) is 5.32 Å². The van der Waals surface area contributed by atoms with Gasteiger partial charge in [-0.25, -0.2) is 4.79 Å². The maximum Gasteiger partial charge on any atom is 0.432 e. The highest BCUT2D eigenvalue weighted by atomic mass is 19.4. The summed E-state index contributed by atoms with van der Waals surface area (Å²) in [5.41, 5.74) is -3.61. The first-order valence-electron chi connectivity index (χ1n) is 13.3. The number of unbranched alkanes of at least 4 members (excludes halogenated alkanes) is 10. The van der Waals surface area contributed by atoms with Crippen molar-refractivity contribution < 1.29 is 32.2 Å². The van der Waals surface area contributed by atoms with Crippen LogP contribution in [-0.2, 0) is 24.7 Å². The molecule has 0 fully saturated rings. The van der Waals surface area contributed by atoms with Crippen LogP contribution in [0.3, 0.4) is 0 Å². The second kappa shape index (κ2) is 16.6. The fourth-order valence-electron chi connectivity index (χ4n) is 4.44. The standard InChI is InChI=1S/C28H44F3NO4/c1-5-6-7-8-9-10-11-12-13-14-18-21-25(22(2)32-23(3)33)36-26(34)27(35-4,28(29,30)31)24-19-16-15-17-20-24/h15-17,19-20,22,25H,5-14,18,21H2,1-4H3,(H,32,33)/t22-,25+,27+/m0/s1. The lowest BCUT2D eigenvalue weighted by Gasteiger charge is -2.35. The number of benzene rings is 1. The molecule has 1 aromatic carbocycles. The van der Waals surface area contributed by atoms with Gasteiger partial charge in [0.15, 0.2) is 0 Å². The molecular weight excluding hydrogens is 471 g/mol. The van der Waals surface area contributed by atoms with Crippen LogP contribution < -0.4 is 5.32 Å². The van der Waals surface area contributed by atoms with Crippen LogP contribution in [0.4, 0.5) is 13.2 Å². The number of hydrogen-bond donors (Lipinski definition) is 1. The monoisotopic (exact) mass is 515 g/mol. The van der Waals surface area contributed by atoms with Crippen LogP contribution in [0.1, 0.15) is 103 Å². The molecule has 0 aliphatic heterocycles. The van der Waals surface area contributed by atoms with Gasteiger partial charge in [-0.05, 0) is 19.8 Å². The van der Waals surface area contributed by atoms with Crippen LogP contribution in [0, 0.1) is 0 Å². The van der Waals surface area contributed by atoms with Crippen molar-refractivity contribution >= 4 is 11.9 Å². The van der Waals surface area contributed by atoms with Gasteiger partial charge in [0.05, 0.1) is 6.04 Å². The van der Waals surface area contributed by atoms with E-state index in [2.05, 4.69) is 12.2 Å².